The van der Waals surface area contributed by atoms with E-state index in [0.29, 0.717) is 12.0 Å². The number of H-pyrrole nitrogens is 2. The summed E-state index contributed by atoms with van der Waals surface area (Å²) in [5.41, 5.74) is 1.72. The molecule has 66 valence electrons. The lowest BCUT2D eigenvalue weighted by molar-refractivity contribution is 0.956. The van der Waals surface area contributed by atoms with E-state index in [1.165, 1.54) is 0 Å². The van der Waals surface area contributed by atoms with Crippen molar-refractivity contribution in [2.75, 3.05) is 5.43 Å². The van der Waals surface area contributed by atoms with Crippen LogP contribution in [0.5, 0.6) is 0 Å². The maximum Gasteiger partial charge on any atom is 0.327 e. The van der Waals surface area contributed by atoms with Crippen molar-refractivity contribution in [1.29, 1.82) is 0 Å². The molecule has 0 amide bonds. The van der Waals surface area contributed by atoms with E-state index in [-0.39, 0.29) is 5.82 Å². The van der Waals surface area contributed by atoms with Gasteiger partial charge in [0.05, 0.1) is 5.56 Å². The second-order valence-corrected chi connectivity index (χ2v) is 2.26. The lowest BCUT2D eigenvalue weighted by atomic mass is 10.2. The van der Waals surface area contributed by atoms with Crippen LogP contribution in [0.1, 0.15) is 12.5 Å². The van der Waals surface area contributed by atoms with E-state index in [4.69, 9.17) is 5.84 Å². The number of rotatable bonds is 2. The van der Waals surface area contributed by atoms with Crippen molar-refractivity contribution < 1.29 is 0 Å². The first kappa shape index (κ1) is 8.54. The molecule has 0 radical (unpaired) electrons. The summed E-state index contributed by atoms with van der Waals surface area (Å²) in [4.78, 5) is 26.3. The SMILES string of the molecule is CCc1c(NN)[nH]c(=O)[nH]c1=O. The number of hydrogen-bond acceptors (Lipinski definition) is 4. The van der Waals surface area contributed by atoms with E-state index >= 15 is 0 Å². The summed E-state index contributed by atoms with van der Waals surface area (Å²) in [7, 11) is 0. The first-order chi connectivity index (χ1) is 5.69. The van der Waals surface area contributed by atoms with Crippen LogP contribution < -0.4 is 22.5 Å². The Hall–Kier alpha value is -1.56. The van der Waals surface area contributed by atoms with Crippen LogP contribution in [0, 0.1) is 0 Å². The van der Waals surface area contributed by atoms with Crippen LogP contribution in [0.2, 0.25) is 0 Å². The van der Waals surface area contributed by atoms with Gasteiger partial charge in [0.15, 0.2) is 0 Å². The molecular weight excluding hydrogens is 160 g/mol. The van der Waals surface area contributed by atoms with Crippen LogP contribution in [0.15, 0.2) is 9.59 Å². The zero-order chi connectivity index (χ0) is 9.14. The minimum Gasteiger partial charge on any atom is -0.310 e. The molecule has 0 aliphatic heterocycles. The molecule has 6 nitrogen and oxygen atoms in total. The zero-order valence-electron chi connectivity index (χ0n) is 6.60. The van der Waals surface area contributed by atoms with E-state index in [1.807, 2.05) is 0 Å². The summed E-state index contributed by atoms with van der Waals surface area (Å²) in [6.07, 6.45) is 0.506. The number of aromatic nitrogens is 2. The van der Waals surface area contributed by atoms with Crippen LogP contribution in [-0.4, -0.2) is 9.97 Å². The Morgan fingerprint density at radius 1 is 1.42 bits per heavy atom. The third-order valence-corrected chi connectivity index (χ3v) is 1.54. The van der Waals surface area contributed by atoms with Crippen LogP contribution in [-0.2, 0) is 6.42 Å². The van der Waals surface area contributed by atoms with Crippen molar-refractivity contribution in [2.45, 2.75) is 13.3 Å². The smallest absolute Gasteiger partial charge is 0.310 e. The number of nitrogens with one attached hydrogen (secondary N) is 3. The molecule has 1 aromatic rings. The molecule has 0 saturated heterocycles. The summed E-state index contributed by atoms with van der Waals surface area (Å²) in [6, 6.07) is 0. The molecule has 0 saturated carbocycles. The van der Waals surface area contributed by atoms with Crippen LogP contribution in [0.4, 0.5) is 5.82 Å². The molecule has 1 rings (SSSR count). The minimum absolute atomic E-state index is 0.270. The molecule has 0 aliphatic rings. The molecule has 12 heavy (non-hydrogen) atoms. The third kappa shape index (κ3) is 1.37. The highest BCUT2D eigenvalue weighted by Gasteiger charge is 2.04. The van der Waals surface area contributed by atoms with Gasteiger partial charge < -0.3 is 5.43 Å². The Kier molecular flexibility index (Phi) is 2.29. The monoisotopic (exact) mass is 170 g/mol. The molecule has 1 heterocycles. The van der Waals surface area contributed by atoms with Crippen LogP contribution in [0.25, 0.3) is 0 Å². The quantitative estimate of drug-likeness (QED) is 0.334. The molecule has 0 aromatic carbocycles. The molecule has 6 heteroatoms. The fourth-order valence-electron chi connectivity index (χ4n) is 0.973. The Labute approximate surface area is 67.8 Å². The lowest BCUT2D eigenvalue weighted by Crippen LogP contribution is -2.28. The second-order valence-electron chi connectivity index (χ2n) is 2.26. The average molecular weight is 170 g/mol. The maximum absolute atomic E-state index is 11.1. The van der Waals surface area contributed by atoms with Crippen molar-refractivity contribution in [2.24, 2.45) is 5.84 Å². The predicted octanol–water partition coefficient (Wildman–Crippen LogP) is -1.09. The Morgan fingerprint density at radius 2 is 2.08 bits per heavy atom. The second kappa shape index (κ2) is 3.22. The van der Waals surface area contributed by atoms with Gasteiger partial charge in [0, 0.05) is 0 Å². The van der Waals surface area contributed by atoms with E-state index in [0.717, 1.165) is 0 Å². The van der Waals surface area contributed by atoms with Gasteiger partial charge >= 0.3 is 5.69 Å². The van der Waals surface area contributed by atoms with Gasteiger partial charge in [-0.25, -0.2) is 10.6 Å². The first-order valence-corrected chi connectivity index (χ1v) is 3.51. The van der Waals surface area contributed by atoms with E-state index in [2.05, 4.69) is 15.4 Å². The predicted molar refractivity (Wildman–Crippen MR) is 44.9 cm³/mol. The Bertz CT molecular complexity index is 378. The minimum atomic E-state index is -0.565. The fourth-order valence-corrected chi connectivity index (χ4v) is 0.973. The van der Waals surface area contributed by atoms with Gasteiger partial charge in [0.2, 0.25) is 0 Å². The van der Waals surface area contributed by atoms with Crippen molar-refractivity contribution in [3.05, 3.63) is 26.4 Å². The molecule has 0 aliphatic carbocycles. The van der Waals surface area contributed by atoms with Gasteiger partial charge in [-0.05, 0) is 6.42 Å². The number of nitrogens with two attached hydrogens (primary N) is 1. The molecule has 5 N–H and O–H groups in total. The molecule has 0 fully saturated rings. The Balaban J connectivity index is 3.44. The summed E-state index contributed by atoms with van der Waals surface area (Å²) in [5.74, 6) is 5.36. The van der Waals surface area contributed by atoms with Gasteiger partial charge in [-0.1, -0.05) is 6.92 Å². The highest BCUT2D eigenvalue weighted by atomic mass is 16.2. The van der Waals surface area contributed by atoms with Crippen molar-refractivity contribution in [1.82, 2.24) is 9.97 Å². The topological polar surface area (TPSA) is 104 Å². The van der Waals surface area contributed by atoms with Gasteiger partial charge in [0.25, 0.3) is 5.56 Å². The summed E-state index contributed by atoms with van der Waals surface area (Å²) in [5, 5.41) is 0. The van der Waals surface area contributed by atoms with Gasteiger partial charge in [-0.3, -0.25) is 14.8 Å². The molecule has 0 unspecified atom stereocenters. The van der Waals surface area contributed by atoms with Crippen LogP contribution in [0.3, 0.4) is 0 Å². The van der Waals surface area contributed by atoms with E-state index in [1.54, 1.807) is 6.92 Å². The van der Waals surface area contributed by atoms with E-state index in [9.17, 15) is 9.59 Å². The number of hydrogen-bond donors (Lipinski definition) is 4. The largest absolute Gasteiger partial charge is 0.327 e. The number of aromatic amines is 2. The summed E-state index contributed by atoms with van der Waals surface area (Å²) < 4.78 is 0. The normalized spacial score (nSPS) is 9.83. The average Bonchev–Trinajstić information content (AvgIpc) is 2.03. The molecular formula is C6H10N4O2. The maximum atomic E-state index is 11.1. The third-order valence-electron chi connectivity index (χ3n) is 1.54. The van der Waals surface area contributed by atoms with Crippen LogP contribution >= 0.6 is 0 Å². The fraction of sp³-hybridized carbons (Fsp3) is 0.333. The number of nitrogen functional groups attached to an aromatic ring is 1. The molecule has 0 spiro atoms. The molecule has 0 atom stereocenters. The lowest BCUT2D eigenvalue weighted by Gasteiger charge is -2.03. The Morgan fingerprint density at radius 3 is 2.58 bits per heavy atom. The number of anilines is 1. The first-order valence-electron chi connectivity index (χ1n) is 3.51. The number of hydrazine groups is 1. The molecule has 0 bridgehead atoms. The van der Waals surface area contributed by atoms with Gasteiger partial charge in [0.1, 0.15) is 5.82 Å². The van der Waals surface area contributed by atoms with Gasteiger partial charge in [-0.15, -0.1) is 0 Å². The van der Waals surface area contributed by atoms with E-state index < -0.39 is 11.2 Å². The van der Waals surface area contributed by atoms with Crippen molar-refractivity contribution in [3.63, 3.8) is 0 Å². The standard InChI is InChI=1S/C6H10N4O2/c1-2-3-4(10-7)8-6(12)9-5(3)11/h2,7H2,1H3,(H3,8,9,10,11,12). The summed E-state index contributed by atoms with van der Waals surface area (Å²) >= 11 is 0. The highest BCUT2D eigenvalue weighted by molar-refractivity contribution is 5.40. The van der Waals surface area contributed by atoms with Gasteiger partial charge in [-0.2, -0.15) is 0 Å². The molecule has 1 aromatic heterocycles. The highest BCUT2D eigenvalue weighted by Crippen LogP contribution is 2.01. The summed E-state index contributed by atoms with van der Waals surface area (Å²) in [6.45, 7) is 1.80. The van der Waals surface area contributed by atoms with Crippen molar-refractivity contribution >= 4 is 5.82 Å². The zero-order valence-corrected chi connectivity index (χ0v) is 6.60. The van der Waals surface area contributed by atoms with Crippen molar-refractivity contribution in [3.8, 4) is 0 Å².